The van der Waals surface area contributed by atoms with Crippen LogP contribution in [0.4, 0.5) is 0 Å². The van der Waals surface area contributed by atoms with Gasteiger partial charge in [0, 0.05) is 29.2 Å². The van der Waals surface area contributed by atoms with Gasteiger partial charge in [-0.1, -0.05) is 11.6 Å². The van der Waals surface area contributed by atoms with E-state index in [1.54, 1.807) is 12.1 Å². The molecule has 1 amide bonds. The molecule has 5 heteroatoms. The lowest BCUT2D eigenvalue weighted by Crippen LogP contribution is -2.46. The highest BCUT2D eigenvalue weighted by molar-refractivity contribution is 9.10. The number of likely N-dealkylation sites (N-methyl/N-ethyl adjacent to an activating group) is 1. The van der Waals surface area contributed by atoms with Gasteiger partial charge in [0.15, 0.2) is 0 Å². The molecule has 1 saturated heterocycles. The highest BCUT2D eigenvalue weighted by Crippen LogP contribution is 2.24. The Labute approximate surface area is 121 Å². The van der Waals surface area contributed by atoms with Gasteiger partial charge in [0.05, 0.1) is 5.02 Å². The molecule has 0 saturated carbocycles. The number of likely N-dealkylation sites (tertiary alicyclic amines) is 1. The maximum Gasteiger partial charge on any atom is 0.253 e. The third-order valence-corrected chi connectivity index (χ3v) is 4.52. The van der Waals surface area contributed by atoms with E-state index < -0.39 is 0 Å². The molecule has 3 nitrogen and oxygen atoms in total. The van der Waals surface area contributed by atoms with Crippen LogP contribution in [0.2, 0.25) is 5.02 Å². The van der Waals surface area contributed by atoms with Crippen molar-refractivity contribution in [3.05, 3.63) is 33.3 Å². The van der Waals surface area contributed by atoms with Gasteiger partial charge >= 0.3 is 0 Å². The molecule has 1 atom stereocenters. The first-order chi connectivity index (χ1) is 8.61. The van der Waals surface area contributed by atoms with E-state index in [4.69, 9.17) is 11.6 Å². The predicted molar refractivity (Wildman–Crippen MR) is 77.1 cm³/mol. The van der Waals surface area contributed by atoms with Gasteiger partial charge in [-0.05, 0) is 54.0 Å². The van der Waals surface area contributed by atoms with E-state index in [0.717, 1.165) is 30.4 Å². The molecule has 1 unspecified atom stereocenters. The molecule has 1 aliphatic rings. The average Bonchev–Trinajstić information content (AvgIpc) is 2.41. The maximum atomic E-state index is 12.3. The zero-order valence-corrected chi connectivity index (χ0v) is 12.6. The van der Waals surface area contributed by atoms with Crippen LogP contribution in [0.5, 0.6) is 0 Å². The Bertz CT molecular complexity index is 453. The molecule has 0 radical (unpaired) electrons. The molecule has 1 heterocycles. The first kappa shape index (κ1) is 13.8. The summed E-state index contributed by atoms with van der Waals surface area (Å²) >= 11 is 9.35. The molecule has 18 heavy (non-hydrogen) atoms. The van der Waals surface area contributed by atoms with Gasteiger partial charge in [-0.3, -0.25) is 4.79 Å². The van der Waals surface area contributed by atoms with Crippen molar-refractivity contribution in [2.75, 3.05) is 20.1 Å². The quantitative estimate of drug-likeness (QED) is 0.904. The Morgan fingerprint density at radius 1 is 1.56 bits per heavy atom. The zero-order valence-electron chi connectivity index (χ0n) is 10.2. The minimum Gasteiger partial charge on any atom is -0.337 e. The van der Waals surface area contributed by atoms with Crippen molar-refractivity contribution in [2.45, 2.75) is 18.9 Å². The highest BCUT2D eigenvalue weighted by atomic mass is 79.9. The number of nitrogens with zero attached hydrogens (tertiary/aromatic N) is 1. The largest absolute Gasteiger partial charge is 0.337 e. The van der Waals surface area contributed by atoms with Crippen LogP contribution in [0.3, 0.4) is 0 Å². The van der Waals surface area contributed by atoms with Crippen molar-refractivity contribution >= 4 is 33.4 Å². The van der Waals surface area contributed by atoms with Crippen LogP contribution in [0.25, 0.3) is 0 Å². The third-order valence-electron chi connectivity index (χ3n) is 3.28. The molecule has 1 N–H and O–H groups in total. The monoisotopic (exact) mass is 330 g/mol. The molecule has 1 aliphatic heterocycles. The number of piperidine rings is 1. The van der Waals surface area contributed by atoms with E-state index in [9.17, 15) is 4.79 Å². The first-order valence-corrected chi connectivity index (χ1v) is 7.20. The number of carbonyl (C=O) groups is 1. The first-order valence-electron chi connectivity index (χ1n) is 6.03. The molecule has 0 spiro atoms. The van der Waals surface area contributed by atoms with E-state index >= 15 is 0 Å². The summed E-state index contributed by atoms with van der Waals surface area (Å²) in [4.78, 5) is 14.2. The zero-order chi connectivity index (χ0) is 13.1. The van der Waals surface area contributed by atoms with Crippen molar-refractivity contribution in [1.82, 2.24) is 10.2 Å². The second-order valence-electron chi connectivity index (χ2n) is 4.51. The summed E-state index contributed by atoms with van der Waals surface area (Å²) in [7, 11) is 1.94. The molecular formula is C13H16BrClN2O. The summed E-state index contributed by atoms with van der Waals surface area (Å²) in [6.45, 7) is 1.59. The number of hydrogen-bond donors (Lipinski definition) is 1. The summed E-state index contributed by atoms with van der Waals surface area (Å²) < 4.78 is 0.812. The second kappa shape index (κ2) is 6.04. The molecule has 0 aromatic heterocycles. The van der Waals surface area contributed by atoms with Crippen LogP contribution < -0.4 is 5.32 Å². The number of amides is 1. The third kappa shape index (κ3) is 3.05. The summed E-state index contributed by atoms with van der Waals surface area (Å²) in [6, 6.07) is 5.74. The van der Waals surface area contributed by atoms with Crippen molar-refractivity contribution in [3.63, 3.8) is 0 Å². The fourth-order valence-corrected chi connectivity index (χ4v) is 2.64. The standard InChI is InChI=1S/C13H16BrClN2O/c1-16-10-3-2-6-17(8-10)13(18)9-4-5-11(14)12(15)7-9/h4-5,7,10,16H,2-3,6,8H2,1H3. The smallest absolute Gasteiger partial charge is 0.253 e. The highest BCUT2D eigenvalue weighted by Gasteiger charge is 2.23. The molecule has 2 rings (SSSR count). The van der Waals surface area contributed by atoms with E-state index in [1.807, 2.05) is 18.0 Å². The molecule has 1 fully saturated rings. The SMILES string of the molecule is CNC1CCCN(C(=O)c2ccc(Br)c(Cl)c2)C1. The number of hydrogen-bond acceptors (Lipinski definition) is 2. The summed E-state index contributed by atoms with van der Waals surface area (Å²) in [6.07, 6.45) is 2.17. The predicted octanol–water partition coefficient (Wildman–Crippen LogP) is 2.93. The lowest BCUT2D eigenvalue weighted by atomic mass is 10.0. The van der Waals surface area contributed by atoms with Gasteiger partial charge in [0.2, 0.25) is 0 Å². The van der Waals surface area contributed by atoms with Gasteiger partial charge in [-0.2, -0.15) is 0 Å². The topological polar surface area (TPSA) is 32.3 Å². The normalized spacial score (nSPS) is 19.9. The fourth-order valence-electron chi connectivity index (χ4n) is 2.21. The van der Waals surface area contributed by atoms with Crippen LogP contribution in [0, 0.1) is 0 Å². The van der Waals surface area contributed by atoms with Crippen molar-refractivity contribution < 1.29 is 4.79 Å². The average molecular weight is 332 g/mol. The number of rotatable bonds is 2. The van der Waals surface area contributed by atoms with Crippen LogP contribution in [-0.2, 0) is 0 Å². The number of benzene rings is 1. The lowest BCUT2D eigenvalue weighted by molar-refractivity contribution is 0.0698. The van der Waals surface area contributed by atoms with E-state index in [0.29, 0.717) is 16.6 Å². The molecule has 1 aromatic rings. The van der Waals surface area contributed by atoms with Crippen LogP contribution in [-0.4, -0.2) is 37.0 Å². The minimum atomic E-state index is 0.0596. The number of carbonyl (C=O) groups excluding carboxylic acids is 1. The second-order valence-corrected chi connectivity index (χ2v) is 5.77. The number of halogens is 2. The van der Waals surface area contributed by atoms with Gasteiger partial charge < -0.3 is 10.2 Å². The summed E-state index contributed by atoms with van der Waals surface area (Å²) in [5.41, 5.74) is 0.653. The fraction of sp³-hybridized carbons (Fsp3) is 0.462. The Kier molecular flexibility index (Phi) is 4.65. The molecule has 98 valence electrons. The Morgan fingerprint density at radius 2 is 2.33 bits per heavy atom. The van der Waals surface area contributed by atoms with Gasteiger partial charge in [-0.25, -0.2) is 0 Å². The molecule has 0 aliphatic carbocycles. The molecule has 1 aromatic carbocycles. The van der Waals surface area contributed by atoms with E-state index in [-0.39, 0.29) is 5.91 Å². The number of nitrogens with one attached hydrogen (secondary N) is 1. The van der Waals surface area contributed by atoms with Crippen molar-refractivity contribution in [3.8, 4) is 0 Å². The Morgan fingerprint density at radius 3 is 3.00 bits per heavy atom. The van der Waals surface area contributed by atoms with Crippen LogP contribution >= 0.6 is 27.5 Å². The van der Waals surface area contributed by atoms with E-state index in [1.165, 1.54) is 0 Å². The minimum absolute atomic E-state index is 0.0596. The van der Waals surface area contributed by atoms with Crippen molar-refractivity contribution in [1.29, 1.82) is 0 Å². The van der Waals surface area contributed by atoms with Gasteiger partial charge in [0.1, 0.15) is 0 Å². The molecular weight excluding hydrogens is 316 g/mol. The van der Waals surface area contributed by atoms with Crippen LogP contribution in [0.15, 0.2) is 22.7 Å². The lowest BCUT2D eigenvalue weighted by Gasteiger charge is -2.32. The maximum absolute atomic E-state index is 12.3. The van der Waals surface area contributed by atoms with Gasteiger partial charge in [0.25, 0.3) is 5.91 Å². The van der Waals surface area contributed by atoms with Gasteiger partial charge in [-0.15, -0.1) is 0 Å². The Balaban J connectivity index is 2.12. The Hall–Kier alpha value is -0.580. The summed E-state index contributed by atoms with van der Waals surface area (Å²) in [5.74, 6) is 0.0596. The summed E-state index contributed by atoms with van der Waals surface area (Å²) in [5, 5.41) is 3.81. The van der Waals surface area contributed by atoms with Crippen LogP contribution in [0.1, 0.15) is 23.2 Å². The molecule has 0 bridgehead atoms. The van der Waals surface area contributed by atoms with Crippen molar-refractivity contribution in [2.24, 2.45) is 0 Å². The van der Waals surface area contributed by atoms with E-state index in [2.05, 4.69) is 21.2 Å².